The fourth-order valence-electron chi connectivity index (χ4n) is 3.62. The van der Waals surface area contributed by atoms with Gasteiger partial charge in [-0.3, -0.25) is 4.79 Å². The van der Waals surface area contributed by atoms with Crippen LogP contribution in [0.25, 0.3) is 11.0 Å². The van der Waals surface area contributed by atoms with Crippen LogP contribution in [0.4, 0.5) is 0 Å². The molecule has 1 aromatic heterocycles. The Morgan fingerprint density at radius 2 is 1.77 bits per heavy atom. The third-order valence-electron chi connectivity index (χ3n) is 5.63. The van der Waals surface area contributed by atoms with Gasteiger partial charge in [-0.1, -0.05) is 48.8 Å². The number of ether oxygens (including phenoxy) is 3. The summed E-state index contributed by atoms with van der Waals surface area (Å²) in [5.74, 6) is -0.163. The second kappa shape index (κ2) is 13.3. The highest BCUT2D eigenvalue weighted by Crippen LogP contribution is 2.31. The number of rotatable bonds is 10. The molecule has 4 aromatic rings. The molecule has 2 unspecified atom stereocenters. The van der Waals surface area contributed by atoms with Crippen LogP contribution in [0, 0.1) is 0 Å². The zero-order valence-corrected chi connectivity index (χ0v) is 22.0. The van der Waals surface area contributed by atoms with Gasteiger partial charge in [-0.2, -0.15) is 0 Å². The third kappa shape index (κ3) is 7.41. The summed E-state index contributed by atoms with van der Waals surface area (Å²) in [5, 5.41) is 13.3. The molecule has 0 saturated carbocycles. The van der Waals surface area contributed by atoms with Crippen molar-refractivity contribution in [3.8, 4) is 11.5 Å². The molecule has 0 aliphatic rings. The molecule has 0 aliphatic carbocycles. The number of H-pyrrole nitrogens is 1. The number of para-hydroxylation sites is 2. The quantitative estimate of drug-likeness (QED) is 0.219. The van der Waals surface area contributed by atoms with Crippen molar-refractivity contribution in [1.29, 1.82) is 0 Å². The van der Waals surface area contributed by atoms with Crippen molar-refractivity contribution in [3.63, 3.8) is 0 Å². The van der Waals surface area contributed by atoms with Gasteiger partial charge in [0.1, 0.15) is 19.0 Å². The van der Waals surface area contributed by atoms with Crippen molar-refractivity contribution >= 4 is 46.1 Å². The summed E-state index contributed by atoms with van der Waals surface area (Å²) in [4.78, 5) is 32.6. The molecule has 0 spiro atoms. The Hall–Kier alpha value is -3.79. The number of fused-ring (bicyclic) bond motifs is 1. The Labute approximate surface area is 236 Å². The van der Waals surface area contributed by atoms with Crippen molar-refractivity contribution < 1.29 is 28.9 Å². The van der Waals surface area contributed by atoms with Crippen molar-refractivity contribution in [2.24, 2.45) is 0 Å². The summed E-state index contributed by atoms with van der Waals surface area (Å²) in [6.07, 6.45) is -1.17. The lowest BCUT2D eigenvalue weighted by atomic mass is 10.1. The summed E-state index contributed by atoms with van der Waals surface area (Å²) in [7, 11) is 1.17. The minimum absolute atomic E-state index is 0. The fraction of sp³-hybridized carbons (Fsp3) is 0.250. The molecule has 1 heterocycles. The Kier molecular flexibility index (Phi) is 10.2. The predicted molar refractivity (Wildman–Crippen MR) is 149 cm³/mol. The zero-order valence-electron chi connectivity index (χ0n) is 20.5. The molecule has 0 fully saturated rings. The fourth-order valence-corrected chi connectivity index (χ4v) is 4.09. The van der Waals surface area contributed by atoms with E-state index in [-0.39, 0.29) is 32.0 Å². The van der Waals surface area contributed by atoms with Crippen molar-refractivity contribution in [2.45, 2.75) is 39.7 Å². The zero-order chi connectivity index (χ0) is 27.2. The second-order valence-corrected chi connectivity index (χ2v) is 9.23. The van der Waals surface area contributed by atoms with Gasteiger partial charge in [0.25, 0.3) is 5.91 Å². The van der Waals surface area contributed by atoms with Crippen molar-refractivity contribution in [2.75, 3.05) is 7.11 Å². The molecule has 1 amide bonds. The van der Waals surface area contributed by atoms with E-state index in [9.17, 15) is 14.7 Å². The third-order valence-corrected chi connectivity index (χ3v) is 6.22. The molecule has 39 heavy (non-hydrogen) atoms. The number of carbonyl (C=O) groups excluding carboxylic acids is 2. The first kappa shape index (κ1) is 29.8. The number of hydrogen-bond donors (Lipinski definition) is 3. The van der Waals surface area contributed by atoms with E-state index in [1.807, 2.05) is 24.3 Å². The second-order valence-electron chi connectivity index (χ2n) is 8.39. The van der Waals surface area contributed by atoms with Crippen LogP contribution in [0.2, 0.25) is 10.0 Å². The lowest BCUT2D eigenvalue weighted by molar-refractivity contribution is -0.145. The van der Waals surface area contributed by atoms with Crippen molar-refractivity contribution in [1.82, 2.24) is 15.3 Å². The van der Waals surface area contributed by atoms with Gasteiger partial charge < -0.3 is 29.6 Å². The Morgan fingerprint density at radius 1 is 1.03 bits per heavy atom. The first-order chi connectivity index (χ1) is 18.2. The van der Waals surface area contributed by atoms with Gasteiger partial charge in [-0.05, 0) is 49.4 Å². The molecule has 0 saturated heterocycles. The summed E-state index contributed by atoms with van der Waals surface area (Å²) in [5.41, 5.74) is 2.54. The van der Waals surface area contributed by atoms with Crippen LogP contribution in [0.5, 0.6) is 11.5 Å². The largest absolute Gasteiger partial charge is 0.485 e. The maximum absolute atomic E-state index is 12.9. The molecule has 0 bridgehead atoms. The van der Waals surface area contributed by atoms with Gasteiger partial charge in [0, 0.05) is 21.2 Å². The van der Waals surface area contributed by atoms with Gasteiger partial charge >= 0.3 is 5.97 Å². The molecule has 206 valence electrons. The SMILES string of the molecule is C.COC(=O)C(NC(=O)c1ccc(OCc2nc3ccccc3[nH]2)c(OCc2ccc(Cl)cc2Cl)c1)C(C)O. The van der Waals surface area contributed by atoms with Crippen LogP contribution in [0.3, 0.4) is 0 Å². The number of aliphatic hydroxyl groups is 1. The Morgan fingerprint density at radius 3 is 2.46 bits per heavy atom. The maximum atomic E-state index is 12.9. The molecular weight excluding hydrogens is 545 g/mol. The number of hydrogen-bond acceptors (Lipinski definition) is 7. The number of benzene rings is 3. The first-order valence-corrected chi connectivity index (χ1v) is 12.3. The Bertz CT molecular complexity index is 1420. The van der Waals surface area contributed by atoms with E-state index in [0.717, 1.165) is 11.0 Å². The van der Waals surface area contributed by atoms with Crippen LogP contribution in [-0.2, 0) is 22.7 Å². The number of aliphatic hydroxyl groups excluding tert-OH is 1. The number of imidazole rings is 1. The lowest BCUT2D eigenvalue weighted by Crippen LogP contribution is -2.48. The summed E-state index contributed by atoms with van der Waals surface area (Å²) in [6, 6.07) is 16.0. The smallest absolute Gasteiger partial charge is 0.331 e. The molecule has 3 aromatic carbocycles. The topological polar surface area (TPSA) is 123 Å². The molecule has 3 N–H and O–H groups in total. The molecule has 2 atom stereocenters. The minimum Gasteiger partial charge on any atom is -0.485 e. The number of esters is 1. The molecule has 9 nitrogen and oxygen atoms in total. The summed E-state index contributed by atoms with van der Waals surface area (Å²) < 4.78 is 16.6. The molecule has 11 heteroatoms. The maximum Gasteiger partial charge on any atom is 0.331 e. The monoisotopic (exact) mass is 573 g/mol. The number of nitrogens with zero attached hydrogens (tertiary/aromatic N) is 1. The molecule has 0 radical (unpaired) electrons. The minimum atomic E-state index is -1.24. The number of aromatic nitrogens is 2. The van der Waals surface area contributed by atoms with Gasteiger partial charge in [0.05, 0.1) is 24.2 Å². The summed E-state index contributed by atoms with van der Waals surface area (Å²) >= 11 is 12.3. The molecule has 4 rings (SSSR count). The van der Waals surface area contributed by atoms with Gasteiger partial charge in [-0.25, -0.2) is 9.78 Å². The van der Waals surface area contributed by atoms with Gasteiger partial charge in [0.15, 0.2) is 17.5 Å². The Balaban J connectivity index is 0.00000420. The number of carbonyl (C=O) groups is 2. The number of halogens is 2. The normalized spacial score (nSPS) is 12.2. The van der Waals surface area contributed by atoms with E-state index >= 15 is 0 Å². The van der Waals surface area contributed by atoms with E-state index in [2.05, 4.69) is 20.0 Å². The average molecular weight is 574 g/mol. The number of methoxy groups -OCH3 is 1. The van der Waals surface area contributed by atoms with Crippen LogP contribution in [0.15, 0.2) is 60.7 Å². The number of amides is 1. The van der Waals surface area contributed by atoms with Crippen LogP contribution in [0.1, 0.15) is 36.1 Å². The highest BCUT2D eigenvalue weighted by Gasteiger charge is 2.27. The number of nitrogens with one attached hydrogen (secondary N) is 2. The molecule has 0 aliphatic heterocycles. The van der Waals surface area contributed by atoms with E-state index in [1.54, 1.807) is 24.3 Å². The van der Waals surface area contributed by atoms with Crippen LogP contribution in [-0.4, -0.2) is 46.2 Å². The van der Waals surface area contributed by atoms with Crippen LogP contribution < -0.4 is 14.8 Å². The summed E-state index contributed by atoms with van der Waals surface area (Å²) in [6.45, 7) is 1.56. The predicted octanol–water partition coefficient (Wildman–Crippen LogP) is 5.32. The first-order valence-electron chi connectivity index (χ1n) is 11.6. The highest BCUT2D eigenvalue weighted by atomic mass is 35.5. The van der Waals surface area contributed by atoms with Gasteiger partial charge in [0.2, 0.25) is 0 Å². The highest BCUT2D eigenvalue weighted by molar-refractivity contribution is 6.35. The number of aromatic amines is 1. The van der Waals surface area contributed by atoms with E-state index < -0.39 is 24.0 Å². The standard InChI is InChI=1S/C27H25Cl2N3O6.CH4/c1-15(33)25(27(35)36-2)32-26(34)16-8-10-22(38-14-24-30-20-5-3-4-6-21(20)31-24)23(11-16)37-13-17-7-9-18(28)12-19(17)29;/h3-12,15,25,33H,13-14H2,1-2H3,(H,30,31)(H,32,34);1H4. The van der Waals surface area contributed by atoms with E-state index in [0.29, 0.717) is 27.2 Å². The molecular formula is C28H29Cl2N3O6. The van der Waals surface area contributed by atoms with E-state index in [4.69, 9.17) is 32.7 Å². The van der Waals surface area contributed by atoms with E-state index in [1.165, 1.54) is 26.2 Å². The van der Waals surface area contributed by atoms with Crippen molar-refractivity contribution in [3.05, 3.63) is 87.7 Å². The average Bonchev–Trinajstić information content (AvgIpc) is 3.32. The van der Waals surface area contributed by atoms with Gasteiger partial charge in [-0.15, -0.1) is 0 Å². The van der Waals surface area contributed by atoms with Crippen LogP contribution >= 0.6 is 23.2 Å². The lowest BCUT2D eigenvalue weighted by Gasteiger charge is -2.19.